The Morgan fingerprint density at radius 1 is 1.39 bits per heavy atom. The summed E-state index contributed by atoms with van der Waals surface area (Å²) in [4.78, 5) is 9.50. The van der Waals surface area contributed by atoms with Gasteiger partial charge in [0.1, 0.15) is 0 Å². The van der Waals surface area contributed by atoms with E-state index in [-0.39, 0.29) is 0 Å². The largest absolute Gasteiger partial charge is 0.346 e. The van der Waals surface area contributed by atoms with Crippen molar-refractivity contribution >= 4 is 16.5 Å². The quantitative estimate of drug-likeness (QED) is 0.882. The Bertz CT molecular complexity index is 358. The van der Waals surface area contributed by atoms with Gasteiger partial charge >= 0.3 is 0 Å². The Morgan fingerprint density at radius 3 is 2.78 bits per heavy atom. The van der Waals surface area contributed by atoms with E-state index >= 15 is 0 Å². The molecule has 18 heavy (non-hydrogen) atoms. The van der Waals surface area contributed by atoms with E-state index in [1.54, 1.807) is 11.3 Å². The van der Waals surface area contributed by atoms with Crippen LogP contribution in [-0.4, -0.2) is 49.2 Å². The molecule has 0 saturated carbocycles. The summed E-state index contributed by atoms with van der Waals surface area (Å²) in [6, 6.07) is 0.568. The van der Waals surface area contributed by atoms with Gasteiger partial charge in [-0.2, -0.15) is 0 Å². The van der Waals surface area contributed by atoms with Gasteiger partial charge in [-0.1, -0.05) is 6.92 Å². The van der Waals surface area contributed by atoms with Crippen LogP contribution < -0.4 is 10.2 Å². The van der Waals surface area contributed by atoms with E-state index in [4.69, 9.17) is 4.98 Å². The molecule has 0 radical (unpaired) electrons. The maximum Gasteiger partial charge on any atom is 0.185 e. The molecule has 102 valence electrons. The zero-order valence-electron chi connectivity index (χ0n) is 11.6. The van der Waals surface area contributed by atoms with Crippen molar-refractivity contribution in [2.24, 2.45) is 0 Å². The van der Waals surface area contributed by atoms with Gasteiger partial charge in [0.2, 0.25) is 0 Å². The van der Waals surface area contributed by atoms with Gasteiger partial charge in [-0.3, -0.25) is 0 Å². The Morgan fingerprint density at radius 2 is 2.11 bits per heavy atom. The molecule has 1 aliphatic rings. The van der Waals surface area contributed by atoms with Crippen LogP contribution in [0.15, 0.2) is 5.38 Å². The molecule has 4 nitrogen and oxygen atoms in total. The summed E-state index contributed by atoms with van der Waals surface area (Å²) in [7, 11) is 2.18. The van der Waals surface area contributed by atoms with Crippen LogP contribution in [0.3, 0.4) is 0 Å². The SMILES string of the molecule is CCC(C)NCc1csc(N2CCN(C)CC2)n1. The number of nitrogens with zero attached hydrogens (tertiary/aromatic N) is 3. The van der Waals surface area contributed by atoms with Crippen molar-refractivity contribution in [3.63, 3.8) is 0 Å². The van der Waals surface area contributed by atoms with Crippen LogP contribution >= 0.6 is 11.3 Å². The van der Waals surface area contributed by atoms with Crippen molar-refractivity contribution in [2.75, 3.05) is 38.1 Å². The highest BCUT2D eigenvalue weighted by molar-refractivity contribution is 7.13. The van der Waals surface area contributed by atoms with Crippen LogP contribution in [0.25, 0.3) is 0 Å². The van der Waals surface area contributed by atoms with Crippen LogP contribution in [-0.2, 0) is 6.54 Å². The van der Waals surface area contributed by atoms with Crippen LogP contribution in [0.1, 0.15) is 26.0 Å². The second-order valence-corrected chi connectivity index (χ2v) is 5.94. The first-order valence-corrected chi connectivity index (χ1v) is 7.68. The summed E-state index contributed by atoms with van der Waals surface area (Å²) in [6.45, 7) is 9.78. The highest BCUT2D eigenvalue weighted by atomic mass is 32.1. The molecule has 1 fully saturated rings. The summed E-state index contributed by atoms with van der Waals surface area (Å²) >= 11 is 1.77. The van der Waals surface area contributed by atoms with Gasteiger partial charge in [0.25, 0.3) is 0 Å². The molecule has 1 atom stereocenters. The lowest BCUT2D eigenvalue weighted by Gasteiger charge is -2.32. The molecule has 2 heterocycles. The summed E-state index contributed by atoms with van der Waals surface area (Å²) < 4.78 is 0. The van der Waals surface area contributed by atoms with E-state index in [1.165, 1.54) is 10.8 Å². The summed E-state index contributed by atoms with van der Waals surface area (Å²) in [5.74, 6) is 0. The predicted octanol–water partition coefficient (Wildman–Crippen LogP) is 1.78. The summed E-state index contributed by atoms with van der Waals surface area (Å²) in [5.41, 5.74) is 1.18. The maximum absolute atomic E-state index is 4.73. The number of thiazole rings is 1. The number of rotatable bonds is 5. The molecule has 0 bridgehead atoms. The van der Waals surface area contributed by atoms with Gasteiger partial charge in [0, 0.05) is 44.1 Å². The summed E-state index contributed by atoms with van der Waals surface area (Å²) in [6.07, 6.45) is 1.16. The van der Waals surface area contributed by atoms with Crippen LogP contribution in [0, 0.1) is 0 Å². The lowest BCUT2D eigenvalue weighted by atomic mass is 10.2. The molecule has 0 aromatic carbocycles. The molecule has 1 aliphatic heterocycles. The van der Waals surface area contributed by atoms with Crippen LogP contribution in [0.4, 0.5) is 5.13 Å². The highest BCUT2D eigenvalue weighted by Gasteiger charge is 2.16. The number of hydrogen-bond acceptors (Lipinski definition) is 5. The fourth-order valence-corrected chi connectivity index (χ4v) is 2.82. The number of hydrogen-bond donors (Lipinski definition) is 1. The second-order valence-electron chi connectivity index (χ2n) is 5.10. The van der Waals surface area contributed by atoms with Crippen molar-refractivity contribution in [3.8, 4) is 0 Å². The van der Waals surface area contributed by atoms with E-state index < -0.39 is 0 Å². The Hall–Kier alpha value is -0.650. The number of piperazine rings is 1. The molecule has 5 heteroatoms. The zero-order valence-corrected chi connectivity index (χ0v) is 12.5. The van der Waals surface area contributed by atoms with E-state index in [0.717, 1.165) is 39.1 Å². The van der Waals surface area contributed by atoms with Gasteiger partial charge in [0.05, 0.1) is 5.69 Å². The van der Waals surface area contributed by atoms with Gasteiger partial charge in [-0.05, 0) is 20.4 Å². The third-order valence-electron chi connectivity index (χ3n) is 3.56. The predicted molar refractivity (Wildman–Crippen MR) is 78.4 cm³/mol. The van der Waals surface area contributed by atoms with E-state index in [0.29, 0.717) is 6.04 Å². The monoisotopic (exact) mass is 268 g/mol. The van der Waals surface area contributed by atoms with E-state index in [9.17, 15) is 0 Å². The molecular formula is C13H24N4S. The minimum atomic E-state index is 0.568. The third-order valence-corrected chi connectivity index (χ3v) is 4.51. The zero-order chi connectivity index (χ0) is 13.0. The molecule has 2 rings (SSSR count). The number of aromatic nitrogens is 1. The molecule has 0 spiro atoms. The molecule has 1 N–H and O–H groups in total. The molecule has 1 aromatic heterocycles. The first kappa shape index (κ1) is 13.8. The molecule has 1 unspecified atom stereocenters. The lowest BCUT2D eigenvalue weighted by Crippen LogP contribution is -2.44. The molecule has 1 saturated heterocycles. The standard InChI is InChI=1S/C13H24N4S/c1-4-11(2)14-9-12-10-18-13(15-12)17-7-5-16(3)6-8-17/h10-11,14H,4-9H2,1-3H3. The van der Waals surface area contributed by atoms with Crippen molar-refractivity contribution in [1.29, 1.82) is 0 Å². The summed E-state index contributed by atoms with van der Waals surface area (Å²) in [5, 5.41) is 6.86. The number of likely N-dealkylation sites (N-methyl/N-ethyl adjacent to an activating group) is 1. The lowest BCUT2D eigenvalue weighted by molar-refractivity contribution is 0.312. The van der Waals surface area contributed by atoms with Crippen molar-refractivity contribution in [2.45, 2.75) is 32.9 Å². The highest BCUT2D eigenvalue weighted by Crippen LogP contribution is 2.21. The first-order chi connectivity index (χ1) is 8.69. The molecular weight excluding hydrogens is 244 g/mol. The van der Waals surface area contributed by atoms with Gasteiger partial charge in [-0.15, -0.1) is 11.3 Å². The van der Waals surface area contributed by atoms with Crippen LogP contribution in [0.2, 0.25) is 0 Å². The van der Waals surface area contributed by atoms with E-state index in [1.807, 2.05) is 0 Å². The Balaban J connectivity index is 1.86. The fourth-order valence-electron chi connectivity index (χ4n) is 1.94. The number of nitrogens with one attached hydrogen (secondary N) is 1. The normalized spacial score (nSPS) is 19.2. The average molecular weight is 268 g/mol. The minimum absolute atomic E-state index is 0.568. The Labute approximate surface area is 114 Å². The second kappa shape index (κ2) is 6.50. The van der Waals surface area contributed by atoms with E-state index in [2.05, 4.69) is 41.4 Å². The van der Waals surface area contributed by atoms with Crippen molar-refractivity contribution in [3.05, 3.63) is 11.1 Å². The topological polar surface area (TPSA) is 31.4 Å². The smallest absolute Gasteiger partial charge is 0.185 e. The fraction of sp³-hybridized carbons (Fsp3) is 0.769. The van der Waals surface area contributed by atoms with Gasteiger partial charge in [-0.25, -0.2) is 4.98 Å². The first-order valence-electron chi connectivity index (χ1n) is 6.80. The van der Waals surface area contributed by atoms with Gasteiger partial charge < -0.3 is 15.1 Å². The van der Waals surface area contributed by atoms with Crippen LogP contribution in [0.5, 0.6) is 0 Å². The third kappa shape index (κ3) is 3.67. The Kier molecular flexibility index (Phi) is 4.97. The van der Waals surface area contributed by atoms with Crippen molar-refractivity contribution < 1.29 is 0 Å². The minimum Gasteiger partial charge on any atom is -0.346 e. The van der Waals surface area contributed by atoms with Crippen molar-refractivity contribution in [1.82, 2.24) is 15.2 Å². The molecule has 0 amide bonds. The van der Waals surface area contributed by atoms with Gasteiger partial charge in [0.15, 0.2) is 5.13 Å². The maximum atomic E-state index is 4.73. The number of anilines is 1. The average Bonchev–Trinajstić information content (AvgIpc) is 2.85. The molecule has 0 aliphatic carbocycles. The molecule has 1 aromatic rings.